The summed E-state index contributed by atoms with van der Waals surface area (Å²) in [7, 11) is 0. The van der Waals surface area contributed by atoms with Crippen LogP contribution >= 0.6 is 27.3 Å². The molecule has 1 aromatic heterocycles. The number of amides is 1. The van der Waals surface area contributed by atoms with Gasteiger partial charge in [-0.05, 0) is 41.4 Å². The maximum atomic E-state index is 11.6. The lowest BCUT2D eigenvalue weighted by molar-refractivity contribution is -0.123. The molecule has 1 heterocycles. The quantitative estimate of drug-likeness (QED) is 0.763. The van der Waals surface area contributed by atoms with Gasteiger partial charge in [0.05, 0.1) is 16.3 Å². The normalized spacial score (nSPS) is 12.4. The molecule has 0 spiro atoms. The van der Waals surface area contributed by atoms with Gasteiger partial charge < -0.3 is 15.8 Å². The standard InChI is InChI=1S/C12H19BrN2O2S/c1-2-17-9(8-14)7-12(16)15-6-5-10-3-4-11(13)18-10/h3-4,9H,2,5-8,14H2,1H3,(H,15,16). The van der Waals surface area contributed by atoms with Crippen molar-refractivity contribution in [3.63, 3.8) is 0 Å². The van der Waals surface area contributed by atoms with E-state index in [4.69, 9.17) is 10.5 Å². The molecule has 1 rings (SSSR count). The van der Waals surface area contributed by atoms with Crippen molar-refractivity contribution in [1.82, 2.24) is 5.32 Å². The average Bonchev–Trinajstić information content (AvgIpc) is 2.74. The van der Waals surface area contributed by atoms with Crippen LogP contribution in [0, 0.1) is 0 Å². The molecule has 18 heavy (non-hydrogen) atoms. The zero-order valence-corrected chi connectivity index (χ0v) is 12.9. The molecule has 0 aliphatic carbocycles. The van der Waals surface area contributed by atoms with Crippen molar-refractivity contribution in [1.29, 1.82) is 0 Å². The van der Waals surface area contributed by atoms with E-state index in [1.54, 1.807) is 11.3 Å². The number of thiophene rings is 1. The molecule has 1 aromatic rings. The molecule has 0 aromatic carbocycles. The molecule has 0 saturated heterocycles. The highest BCUT2D eigenvalue weighted by Gasteiger charge is 2.11. The molecule has 0 aliphatic heterocycles. The molecule has 0 fully saturated rings. The lowest BCUT2D eigenvalue weighted by Crippen LogP contribution is -2.33. The molecule has 6 heteroatoms. The Kier molecular flexibility index (Phi) is 7.50. The average molecular weight is 335 g/mol. The van der Waals surface area contributed by atoms with E-state index >= 15 is 0 Å². The first-order valence-electron chi connectivity index (χ1n) is 5.98. The van der Waals surface area contributed by atoms with E-state index in [2.05, 4.69) is 27.3 Å². The van der Waals surface area contributed by atoms with Crippen molar-refractivity contribution in [3.05, 3.63) is 20.8 Å². The molecule has 1 atom stereocenters. The van der Waals surface area contributed by atoms with E-state index in [9.17, 15) is 4.79 Å². The second kappa shape index (κ2) is 8.63. The molecule has 0 aliphatic rings. The first kappa shape index (κ1) is 15.6. The summed E-state index contributed by atoms with van der Waals surface area (Å²) in [6.45, 7) is 3.50. The summed E-state index contributed by atoms with van der Waals surface area (Å²) in [6, 6.07) is 4.07. The maximum Gasteiger partial charge on any atom is 0.222 e. The summed E-state index contributed by atoms with van der Waals surface area (Å²) >= 11 is 5.10. The van der Waals surface area contributed by atoms with Gasteiger partial charge in [-0.3, -0.25) is 4.79 Å². The number of carbonyl (C=O) groups excluding carboxylic acids is 1. The van der Waals surface area contributed by atoms with Crippen LogP contribution in [0.25, 0.3) is 0 Å². The van der Waals surface area contributed by atoms with Crippen LogP contribution < -0.4 is 11.1 Å². The van der Waals surface area contributed by atoms with Gasteiger partial charge in [0.15, 0.2) is 0 Å². The number of hydrogen-bond donors (Lipinski definition) is 2. The zero-order chi connectivity index (χ0) is 13.4. The molecular formula is C12H19BrN2O2S. The number of hydrogen-bond acceptors (Lipinski definition) is 4. The Bertz CT molecular complexity index is 371. The van der Waals surface area contributed by atoms with Crippen LogP contribution in [-0.4, -0.2) is 31.7 Å². The van der Waals surface area contributed by atoms with Gasteiger partial charge in [0, 0.05) is 24.6 Å². The Balaban J connectivity index is 2.20. The molecule has 1 amide bonds. The second-order valence-corrected chi connectivity index (χ2v) is 6.37. The summed E-state index contributed by atoms with van der Waals surface area (Å²) in [5, 5.41) is 2.88. The fourth-order valence-electron chi connectivity index (χ4n) is 1.54. The van der Waals surface area contributed by atoms with Gasteiger partial charge in [-0.25, -0.2) is 0 Å². The number of carbonyl (C=O) groups is 1. The van der Waals surface area contributed by atoms with Gasteiger partial charge in [0.25, 0.3) is 0 Å². The van der Waals surface area contributed by atoms with Gasteiger partial charge in [0.2, 0.25) is 5.91 Å². The minimum absolute atomic E-state index is 0.00507. The fourth-order valence-corrected chi connectivity index (χ4v) is 3.02. The highest BCUT2D eigenvalue weighted by Crippen LogP contribution is 2.21. The number of nitrogens with two attached hydrogens (primary N) is 1. The van der Waals surface area contributed by atoms with E-state index in [-0.39, 0.29) is 12.0 Å². The first-order chi connectivity index (χ1) is 8.65. The SMILES string of the molecule is CCOC(CN)CC(=O)NCCc1ccc(Br)s1. The monoisotopic (exact) mass is 334 g/mol. The molecule has 4 nitrogen and oxygen atoms in total. The van der Waals surface area contributed by atoms with Crippen molar-refractivity contribution in [2.24, 2.45) is 5.73 Å². The van der Waals surface area contributed by atoms with Crippen molar-refractivity contribution >= 4 is 33.2 Å². The molecule has 3 N–H and O–H groups in total. The molecule has 0 saturated carbocycles. The third-order valence-electron chi connectivity index (χ3n) is 2.40. The highest BCUT2D eigenvalue weighted by atomic mass is 79.9. The van der Waals surface area contributed by atoms with Gasteiger partial charge in [-0.1, -0.05) is 0 Å². The summed E-state index contributed by atoms with van der Waals surface area (Å²) in [5.41, 5.74) is 5.52. The van der Waals surface area contributed by atoms with Gasteiger partial charge in [-0.2, -0.15) is 0 Å². The molecule has 102 valence electrons. The van der Waals surface area contributed by atoms with Crippen LogP contribution in [0.1, 0.15) is 18.2 Å². The van der Waals surface area contributed by atoms with Crippen LogP contribution in [0.2, 0.25) is 0 Å². The number of rotatable bonds is 8. The number of halogens is 1. The lowest BCUT2D eigenvalue weighted by Gasteiger charge is -2.14. The Hall–Kier alpha value is -0.430. The topological polar surface area (TPSA) is 64.3 Å². The number of nitrogens with one attached hydrogen (secondary N) is 1. The Morgan fingerprint density at radius 2 is 2.39 bits per heavy atom. The number of ether oxygens (including phenoxy) is 1. The summed E-state index contributed by atoms with van der Waals surface area (Å²) < 4.78 is 6.45. The molecule has 1 unspecified atom stereocenters. The maximum absolute atomic E-state index is 11.6. The second-order valence-electron chi connectivity index (χ2n) is 3.82. The fraction of sp³-hybridized carbons (Fsp3) is 0.583. The summed E-state index contributed by atoms with van der Waals surface area (Å²) in [4.78, 5) is 12.9. The van der Waals surface area contributed by atoms with E-state index in [0.717, 1.165) is 10.2 Å². The molecular weight excluding hydrogens is 316 g/mol. The van der Waals surface area contributed by atoms with Gasteiger partial charge in [0.1, 0.15) is 0 Å². The van der Waals surface area contributed by atoms with Crippen LogP contribution in [0.4, 0.5) is 0 Å². The van der Waals surface area contributed by atoms with Crippen molar-refractivity contribution < 1.29 is 9.53 Å². The minimum atomic E-state index is -0.175. The van der Waals surface area contributed by atoms with Gasteiger partial charge >= 0.3 is 0 Å². The summed E-state index contributed by atoms with van der Waals surface area (Å²) in [5.74, 6) is -0.00507. The van der Waals surface area contributed by atoms with E-state index in [0.29, 0.717) is 26.1 Å². The minimum Gasteiger partial charge on any atom is -0.377 e. The Morgan fingerprint density at radius 3 is 2.94 bits per heavy atom. The van der Waals surface area contributed by atoms with Crippen molar-refractivity contribution in [3.8, 4) is 0 Å². The molecule has 0 bridgehead atoms. The predicted molar refractivity (Wildman–Crippen MR) is 77.8 cm³/mol. The third-order valence-corrected chi connectivity index (χ3v) is 4.08. The zero-order valence-electron chi connectivity index (χ0n) is 10.4. The smallest absolute Gasteiger partial charge is 0.222 e. The third kappa shape index (κ3) is 5.95. The molecule has 0 radical (unpaired) electrons. The Morgan fingerprint density at radius 1 is 1.61 bits per heavy atom. The van der Waals surface area contributed by atoms with Crippen molar-refractivity contribution in [2.45, 2.75) is 25.9 Å². The van der Waals surface area contributed by atoms with Crippen LogP contribution in [0.15, 0.2) is 15.9 Å². The highest BCUT2D eigenvalue weighted by molar-refractivity contribution is 9.11. The van der Waals surface area contributed by atoms with Crippen molar-refractivity contribution in [2.75, 3.05) is 19.7 Å². The largest absolute Gasteiger partial charge is 0.377 e. The van der Waals surface area contributed by atoms with Crippen LogP contribution in [0.3, 0.4) is 0 Å². The van der Waals surface area contributed by atoms with Crippen LogP contribution in [0.5, 0.6) is 0 Å². The lowest BCUT2D eigenvalue weighted by atomic mass is 10.2. The Labute approximate surface area is 120 Å². The van der Waals surface area contributed by atoms with E-state index < -0.39 is 0 Å². The van der Waals surface area contributed by atoms with Gasteiger partial charge in [-0.15, -0.1) is 11.3 Å². The van der Waals surface area contributed by atoms with E-state index in [1.165, 1.54) is 4.88 Å². The summed E-state index contributed by atoms with van der Waals surface area (Å²) in [6.07, 6.45) is 1.01. The predicted octanol–water partition coefficient (Wildman–Crippen LogP) is 1.92. The first-order valence-corrected chi connectivity index (χ1v) is 7.59. The van der Waals surface area contributed by atoms with Crippen LogP contribution in [-0.2, 0) is 16.0 Å². The van der Waals surface area contributed by atoms with E-state index in [1.807, 2.05) is 13.0 Å².